The van der Waals surface area contributed by atoms with E-state index in [1.807, 2.05) is 35.3 Å². The Kier molecular flexibility index (Phi) is 5.77. The van der Waals surface area contributed by atoms with Crippen LogP contribution in [-0.2, 0) is 11.3 Å². The maximum atomic E-state index is 12.6. The number of amides is 1. The highest BCUT2D eigenvalue weighted by molar-refractivity contribution is 6.00. The Morgan fingerprint density at radius 3 is 2.58 bits per heavy atom. The predicted molar refractivity (Wildman–Crippen MR) is 96.7 cm³/mol. The molecular formula is C18H20N4O4. The van der Waals surface area contributed by atoms with Gasteiger partial charge in [-0.15, -0.1) is 0 Å². The fourth-order valence-corrected chi connectivity index (χ4v) is 2.65. The van der Waals surface area contributed by atoms with Crippen LogP contribution in [0, 0.1) is 10.1 Å². The normalized spacial score (nSPS) is 14.6. The third-order valence-electron chi connectivity index (χ3n) is 4.04. The van der Waals surface area contributed by atoms with Gasteiger partial charge in [0.05, 0.1) is 29.4 Å². The lowest BCUT2D eigenvalue weighted by Gasteiger charge is -2.28. The van der Waals surface area contributed by atoms with Gasteiger partial charge in [-0.25, -0.2) is 5.01 Å². The molecule has 0 unspecified atom stereocenters. The van der Waals surface area contributed by atoms with Crippen LogP contribution in [0.4, 0.5) is 11.4 Å². The van der Waals surface area contributed by atoms with Gasteiger partial charge in [0.1, 0.15) is 0 Å². The second kappa shape index (κ2) is 8.41. The van der Waals surface area contributed by atoms with Crippen molar-refractivity contribution >= 4 is 17.3 Å². The minimum atomic E-state index is -0.507. The lowest BCUT2D eigenvalue weighted by atomic mass is 10.1. The van der Waals surface area contributed by atoms with Crippen LogP contribution >= 0.6 is 0 Å². The van der Waals surface area contributed by atoms with Crippen molar-refractivity contribution in [1.29, 1.82) is 0 Å². The van der Waals surface area contributed by atoms with Crippen LogP contribution in [-0.4, -0.2) is 42.1 Å². The zero-order chi connectivity index (χ0) is 18.4. The van der Waals surface area contributed by atoms with Crippen molar-refractivity contribution in [3.8, 4) is 0 Å². The van der Waals surface area contributed by atoms with Crippen molar-refractivity contribution in [2.75, 3.05) is 31.7 Å². The van der Waals surface area contributed by atoms with Crippen molar-refractivity contribution < 1.29 is 14.5 Å². The zero-order valence-electron chi connectivity index (χ0n) is 14.2. The van der Waals surface area contributed by atoms with Crippen LogP contribution in [0.2, 0.25) is 0 Å². The molecule has 2 aromatic carbocycles. The Hall–Kier alpha value is -2.97. The van der Waals surface area contributed by atoms with Gasteiger partial charge in [-0.2, -0.15) is 0 Å². The Balaban J connectivity index is 1.78. The standard InChI is InChI=1S/C18H20N4O4/c23-18(19-13-14-4-2-1-3-5-14)16-12-15(22(24)25)6-7-17(16)20-21-8-10-26-11-9-21/h1-7,12,20H,8-11,13H2,(H,19,23). The number of hydrogen-bond donors (Lipinski definition) is 2. The lowest BCUT2D eigenvalue weighted by Crippen LogP contribution is -2.40. The number of non-ortho nitro benzene ring substituents is 1. The van der Waals surface area contributed by atoms with Gasteiger partial charge in [0.15, 0.2) is 0 Å². The Morgan fingerprint density at radius 1 is 1.15 bits per heavy atom. The van der Waals surface area contributed by atoms with E-state index >= 15 is 0 Å². The fourth-order valence-electron chi connectivity index (χ4n) is 2.65. The number of nitrogens with one attached hydrogen (secondary N) is 2. The molecule has 1 amide bonds. The smallest absolute Gasteiger partial charge is 0.270 e. The highest BCUT2D eigenvalue weighted by Gasteiger charge is 2.19. The number of carbonyl (C=O) groups excluding carboxylic acids is 1. The van der Waals surface area contributed by atoms with E-state index < -0.39 is 4.92 Å². The molecule has 2 N–H and O–H groups in total. The number of rotatable bonds is 6. The fraction of sp³-hybridized carbons (Fsp3) is 0.278. The summed E-state index contributed by atoms with van der Waals surface area (Å²) in [5.74, 6) is -0.367. The molecule has 1 aliphatic rings. The van der Waals surface area contributed by atoms with Crippen LogP contribution in [0.25, 0.3) is 0 Å². The average Bonchev–Trinajstić information content (AvgIpc) is 2.68. The maximum Gasteiger partial charge on any atom is 0.270 e. The number of nitro groups is 1. The van der Waals surface area contributed by atoms with E-state index in [1.165, 1.54) is 12.1 Å². The van der Waals surface area contributed by atoms with Gasteiger partial charge in [-0.1, -0.05) is 30.3 Å². The first-order chi connectivity index (χ1) is 12.6. The van der Waals surface area contributed by atoms with E-state index in [2.05, 4.69) is 10.7 Å². The summed E-state index contributed by atoms with van der Waals surface area (Å²) >= 11 is 0. The minimum Gasteiger partial charge on any atom is -0.379 e. The molecule has 8 heteroatoms. The molecule has 1 heterocycles. The van der Waals surface area contributed by atoms with Crippen molar-refractivity contribution in [2.24, 2.45) is 0 Å². The van der Waals surface area contributed by atoms with Crippen molar-refractivity contribution in [3.63, 3.8) is 0 Å². The van der Waals surface area contributed by atoms with E-state index in [0.717, 1.165) is 5.56 Å². The van der Waals surface area contributed by atoms with Gasteiger partial charge in [0.25, 0.3) is 11.6 Å². The van der Waals surface area contributed by atoms with Gasteiger partial charge in [0, 0.05) is 31.8 Å². The highest BCUT2D eigenvalue weighted by atomic mass is 16.6. The predicted octanol–water partition coefficient (Wildman–Crippen LogP) is 2.18. The lowest BCUT2D eigenvalue weighted by molar-refractivity contribution is -0.384. The van der Waals surface area contributed by atoms with Gasteiger partial charge in [0.2, 0.25) is 0 Å². The molecule has 3 rings (SSSR count). The molecule has 1 fully saturated rings. The van der Waals surface area contributed by atoms with Crippen LogP contribution in [0.3, 0.4) is 0 Å². The number of ether oxygens (including phenoxy) is 1. The Labute approximate surface area is 150 Å². The zero-order valence-corrected chi connectivity index (χ0v) is 14.2. The van der Waals surface area contributed by atoms with Crippen molar-refractivity contribution in [3.05, 3.63) is 69.8 Å². The number of nitrogens with zero attached hydrogens (tertiary/aromatic N) is 2. The Morgan fingerprint density at radius 2 is 1.88 bits per heavy atom. The molecule has 26 heavy (non-hydrogen) atoms. The Bertz CT molecular complexity index is 776. The number of nitro benzene ring substituents is 1. The van der Waals surface area contributed by atoms with Crippen LogP contribution < -0.4 is 10.7 Å². The van der Waals surface area contributed by atoms with E-state index in [9.17, 15) is 14.9 Å². The summed E-state index contributed by atoms with van der Waals surface area (Å²) in [5.41, 5.74) is 4.76. The van der Waals surface area contributed by atoms with Gasteiger partial charge in [-0.05, 0) is 11.6 Å². The number of carbonyl (C=O) groups is 1. The van der Waals surface area contributed by atoms with E-state index in [4.69, 9.17) is 4.74 Å². The average molecular weight is 356 g/mol. The van der Waals surface area contributed by atoms with Gasteiger partial charge in [-0.3, -0.25) is 14.9 Å². The summed E-state index contributed by atoms with van der Waals surface area (Å²) in [6, 6.07) is 13.7. The quantitative estimate of drug-likeness (QED) is 0.608. The molecule has 0 aromatic heterocycles. The SMILES string of the molecule is O=C(NCc1ccccc1)c1cc([N+](=O)[O-])ccc1NN1CCOCC1. The molecule has 0 aliphatic carbocycles. The second-order valence-corrected chi connectivity index (χ2v) is 5.87. The minimum absolute atomic E-state index is 0.123. The molecular weight excluding hydrogens is 336 g/mol. The van der Waals surface area contributed by atoms with Gasteiger partial charge < -0.3 is 15.5 Å². The monoisotopic (exact) mass is 356 g/mol. The summed E-state index contributed by atoms with van der Waals surface area (Å²) in [6.07, 6.45) is 0. The summed E-state index contributed by atoms with van der Waals surface area (Å²) in [7, 11) is 0. The molecule has 0 spiro atoms. The summed E-state index contributed by atoms with van der Waals surface area (Å²) < 4.78 is 5.30. The molecule has 0 radical (unpaired) electrons. The first-order valence-electron chi connectivity index (χ1n) is 8.33. The van der Waals surface area contributed by atoms with Crippen molar-refractivity contribution in [1.82, 2.24) is 10.3 Å². The molecule has 136 valence electrons. The number of anilines is 1. The maximum absolute atomic E-state index is 12.6. The second-order valence-electron chi connectivity index (χ2n) is 5.87. The van der Waals surface area contributed by atoms with Crippen molar-refractivity contribution in [2.45, 2.75) is 6.54 Å². The number of benzene rings is 2. The van der Waals surface area contributed by atoms with Crippen LogP contribution in [0.15, 0.2) is 48.5 Å². The molecule has 0 saturated carbocycles. The number of hydrogen-bond acceptors (Lipinski definition) is 6. The summed E-state index contributed by atoms with van der Waals surface area (Å²) in [4.78, 5) is 23.2. The molecule has 0 bridgehead atoms. The molecule has 1 saturated heterocycles. The molecule has 0 atom stereocenters. The van der Waals surface area contributed by atoms with Crippen LogP contribution in [0.1, 0.15) is 15.9 Å². The largest absolute Gasteiger partial charge is 0.379 e. The summed E-state index contributed by atoms with van der Waals surface area (Å²) in [6.45, 7) is 2.87. The highest BCUT2D eigenvalue weighted by Crippen LogP contribution is 2.23. The topological polar surface area (TPSA) is 96.7 Å². The molecule has 8 nitrogen and oxygen atoms in total. The molecule has 2 aromatic rings. The van der Waals surface area contributed by atoms with Gasteiger partial charge >= 0.3 is 0 Å². The number of morpholine rings is 1. The van der Waals surface area contributed by atoms with E-state index in [-0.39, 0.29) is 17.2 Å². The van der Waals surface area contributed by atoms with Crippen LogP contribution in [0.5, 0.6) is 0 Å². The molecule has 1 aliphatic heterocycles. The first kappa shape index (κ1) is 17.8. The first-order valence-corrected chi connectivity index (χ1v) is 8.33. The third kappa shape index (κ3) is 4.56. The van der Waals surface area contributed by atoms with E-state index in [0.29, 0.717) is 38.5 Å². The van der Waals surface area contributed by atoms with E-state index in [1.54, 1.807) is 6.07 Å². The number of hydrazine groups is 1. The summed E-state index contributed by atoms with van der Waals surface area (Å²) in [5, 5.41) is 15.8. The third-order valence-corrected chi connectivity index (χ3v) is 4.04.